The summed E-state index contributed by atoms with van der Waals surface area (Å²) in [5, 5.41) is 14.5. The van der Waals surface area contributed by atoms with Gasteiger partial charge in [0.2, 0.25) is 0 Å². The second-order valence-corrected chi connectivity index (χ2v) is 13.5. The van der Waals surface area contributed by atoms with Crippen molar-refractivity contribution in [1.82, 2.24) is 4.98 Å². The molecule has 3 heterocycles. The number of carbonyl (C=O) groups excluding carboxylic acids is 1. The Balaban J connectivity index is 0.000000399. The fraction of sp³-hybridized carbons (Fsp3) is 0.0500. The van der Waals surface area contributed by atoms with Crippen LogP contribution in [0.5, 0.6) is 0 Å². The van der Waals surface area contributed by atoms with Crippen LogP contribution in [-0.4, -0.2) is 15.9 Å². The van der Waals surface area contributed by atoms with E-state index in [0.29, 0.717) is 0 Å². The molecular weight excluding hydrogens is 797 g/mol. The number of carbonyl (C=O) groups is 1. The maximum absolute atomic E-state index is 10.0. The third-order valence-electron chi connectivity index (χ3n) is 8.05. The Bertz CT molecular complexity index is 2290. The number of aliphatic hydroxyl groups excluding tert-OH is 1. The number of pyridine rings is 1. The van der Waals surface area contributed by atoms with Gasteiger partial charge >= 0.3 is 0 Å². The van der Waals surface area contributed by atoms with E-state index in [2.05, 4.69) is 120 Å². The molecule has 7 heteroatoms. The van der Waals surface area contributed by atoms with Gasteiger partial charge in [0.1, 0.15) is 0 Å². The molecule has 0 spiro atoms. The number of rotatable bonds is 2. The molecular formula is C40H27IrN2O2S2-. The molecule has 0 unspecified atom stereocenters. The quantitative estimate of drug-likeness (QED) is 0.106. The first-order valence-electron chi connectivity index (χ1n) is 15.0. The van der Waals surface area contributed by atoms with E-state index < -0.39 is 0 Å². The zero-order valence-electron chi connectivity index (χ0n) is 25.4. The van der Waals surface area contributed by atoms with Crippen molar-refractivity contribution in [2.45, 2.75) is 33.4 Å². The number of benzene rings is 6. The molecule has 0 amide bonds. The van der Waals surface area contributed by atoms with Crippen molar-refractivity contribution in [3.63, 3.8) is 0 Å². The van der Waals surface area contributed by atoms with Gasteiger partial charge in [0.15, 0.2) is 5.78 Å². The van der Waals surface area contributed by atoms with E-state index in [4.69, 9.17) is 10.1 Å². The number of hydrogen-bond acceptors (Lipinski definition) is 6. The Kier molecular flexibility index (Phi) is 8.41. The van der Waals surface area contributed by atoms with Crippen LogP contribution in [-0.2, 0) is 24.9 Å². The molecule has 6 aromatic carbocycles. The SMILES string of the molecule is CC(=O)/C=C(/C)O.[Ir].[c-]1c(-c2ccc3ccccc3n2)cc2c3c1Sc1cc4ccccc4cc1N3c1cc3ccccc3cc1S2. The van der Waals surface area contributed by atoms with Crippen molar-refractivity contribution in [3.8, 4) is 11.3 Å². The van der Waals surface area contributed by atoms with Gasteiger partial charge in [-0.15, -0.1) is 41.2 Å². The Labute approximate surface area is 294 Å². The Hall–Kier alpha value is -4.39. The molecule has 9 rings (SSSR count). The predicted octanol–water partition coefficient (Wildman–Crippen LogP) is 11.4. The van der Waals surface area contributed by atoms with E-state index in [-0.39, 0.29) is 31.6 Å². The molecule has 0 fully saturated rings. The number of allylic oxidation sites excluding steroid dienone is 2. The molecule has 47 heavy (non-hydrogen) atoms. The second kappa shape index (κ2) is 12.7. The fourth-order valence-corrected chi connectivity index (χ4v) is 8.40. The van der Waals surface area contributed by atoms with Crippen LogP contribution in [0.25, 0.3) is 43.7 Å². The van der Waals surface area contributed by atoms with Gasteiger partial charge in [-0.25, -0.2) is 0 Å². The molecule has 2 aliphatic heterocycles. The minimum Gasteiger partial charge on any atom is -0.512 e. The first-order valence-corrected chi connectivity index (χ1v) is 16.6. The number of para-hydroxylation sites is 1. The van der Waals surface area contributed by atoms with Gasteiger partial charge in [0.05, 0.1) is 22.7 Å². The van der Waals surface area contributed by atoms with Crippen LogP contribution in [0, 0.1) is 6.07 Å². The topological polar surface area (TPSA) is 53.4 Å². The van der Waals surface area contributed by atoms with Crippen molar-refractivity contribution in [2.24, 2.45) is 0 Å². The summed E-state index contributed by atoms with van der Waals surface area (Å²) in [5.41, 5.74) is 6.67. The zero-order chi connectivity index (χ0) is 31.4. The maximum Gasteiger partial charge on any atom is 0.155 e. The maximum atomic E-state index is 10.0. The number of anilines is 3. The standard InChI is InChI=1S/C35H19N2S2.C5H8O2.Ir/c1-3-10-24-17-31-29(15-22(24)8-1)37-30-16-23-9-2-4-11-25(23)18-32(30)39-34-20-26(19-33(38-31)35(34)37)28-14-13-21-7-5-6-12-27(21)36-28;1-4(6)3-5(2)7;/h1-19H;3,6H,1-2H3;/q-1;;/b;4-3-;. The van der Waals surface area contributed by atoms with E-state index >= 15 is 0 Å². The molecule has 1 aromatic heterocycles. The summed E-state index contributed by atoms with van der Waals surface area (Å²) in [7, 11) is 0. The summed E-state index contributed by atoms with van der Waals surface area (Å²) in [4.78, 5) is 22.4. The minimum absolute atomic E-state index is 0. The summed E-state index contributed by atoms with van der Waals surface area (Å²) < 4.78 is 0. The molecule has 4 nitrogen and oxygen atoms in total. The molecule has 231 valence electrons. The summed E-state index contributed by atoms with van der Waals surface area (Å²) in [5.74, 6) is -0.0625. The number of nitrogens with zero attached hydrogens (tertiary/aromatic N) is 2. The molecule has 2 aliphatic rings. The smallest absolute Gasteiger partial charge is 0.155 e. The largest absolute Gasteiger partial charge is 0.512 e. The number of ketones is 1. The van der Waals surface area contributed by atoms with Crippen molar-refractivity contribution in [1.29, 1.82) is 0 Å². The predicted molar refractivity (Wildman–Crippen MR) is 191 cm³/mol. The zero-order valence-corrected chi connectivity index (χ0v) is 29.5. The molecule has 1 N–H and O–H groups in total. The second-order valence-electron chi connectivity index (χ2n) is 11.4. The average Bonchev–Trinajstić information content (AvgIpc) is 3.05. The van der Waals surface area contributed by atoms with E-state index in [1.807, 2.05) is 29.6 Å². The molecule has 0 saturated carbocycles. The summed E-state index contributed by atoms with van der Waals surface area (Å²) >= 11 is 3.67. The summed E-state index contributed by atoms with van der Waals surface area (Å²) in [6.07, 6.45) is 1.17. The van der Waals surface area contributed by atoms with Gasteiger partial charge in [0.25, 0.3) is 0 Å². The summed E-state index contributed by atoms with van der Waals surface area (Å²) in [6.45, 7) is 2.85. The van der Waals surface area contributed by atoms with Gasteiger partial charge in [-0.3, -0.25) is 9.78 Å². The van der Waals surface area contributed by atoms with Crippen LogP contribution in [0.15, 0.2) is 147 Å². The first-order chi connectivity index (χ1) is 22.4. The third kappa shape index (κ3) is 5.85. The van der Waals surface area contributed by atoms with Gasteiger partial charge in [-0.05, 0) is 92.3 Å². The molecule has 1 radical (unpaired) electrons. The molecule has 0 aliphatic carbocycles. The van der Waals surface area contributed by atoms with Gasteiger partial charge < -0.3 is 10.0 Å². The van der Waals surface area contributed by atoms with Crippen LogP contribution in [0.2, 0.25) is 0 Å². The van der Waals surface area contributed by atoms with Gasteiger partial charge in [0, 0.05) is 36.0 Å². The number of fused-ring (bicyclic) bond motifs is 7. The van der Waals surface area contributed by atoms with Crippen molar-refractivity contribution >= 4 is 78.8 Å². The Morgan fingerprint density at radius 3 is 1.83 bits per heavy atom. The van der Waals surface area contributed by atoms with E-state index in [1.165, 1.54) is 73.2 Å². The molecule has 0 atom stereocenters. The molecule has 0 bridgehead atoms. The summed E-state index contributed by atoms with van der Waals surface area (Å²) in [6, 6.07) is 45.3. The number of aromatic nitrogens is 1. The Morgan fingerprint density at radius 2 is 1.26 bits per heavy atom. The van der Waals surface area contributed by atoms with E-state index in [1.54, 1.807) is 0 Å². The number of hydrogen-bond donors (Lipinski definition) is 1. The molecule has 7 aromatic rings. The first kappa shape index (κ1) is 31.2. The van der Waals surface area contributed by atoms with Crippen LogP contribution in [0.4, 0.5) is 17.1 Å². The van der Waals surface area contributed by atoms with E-state index in [9.17, 15) is 4.79 Å². The van der Waals surface area contributed by atoms with Crippen LogP contribution < -0.4 is 4.90 Å². The van der Waals surface area contributed by atoms with Crippen LogP contribution >= 0.6 is 23.5 Å². The number of aliphatic hydroxyl groups is 1. The van der Waals surface area contributed by atoms with E-state index in [0.717, 1.165) is 27.1 Å². The fourth-order valence-electron chi connectivity index (χ4n) is 6.07. The van der Waals surface area contributed by atoms with Crippen molar-refractivity contribution in [2.75, 3.05) is 4.90 Å². The van der Waals surface area contributed by atoms with Gasteiger partial charge in [-0.1, -0.05) is 78.9 Å². The van der Waals surface area contributed by atoms with Gasteiger partial charge in [-0.2, -0.15) is 0 Å². The average molecular weight is 824 g/mol. The van der Waals surface area contributed by atoms with Crippen molar-refractivity contribution in [3.05, 3.63) is 133 Å². The monoisotopic (exact) mass is 824 g/mol. The third-order valence-corrected chi connectivity index (χ3v) is 10.2. The minimum atomic E-state index is -0.125. The van der Waals surface area contributed by atoms with Crippen LogP contribution in [0.3, 0.4) is 0 Å². The normalized spacial score (nSPS) is 12.8. The van der Waals surface area contributed by atoms with Crippen LogP contribution in [0.1, 0.15) is 13.8 Å². The molecule has 0 saturated heterocycles. The Morgan fingerprint density at radius 1 is 0.702 bits per heavy atom. The van der Waals surface area contributed by atoms with Crippen molar-refractivity contribution < 1.29 is 30.0 Å².